The van der Waals surface area contributed by atoms with Crippen LogP contribution < -0.4 is 10.2 Å². The Bertz CT molecular complexity index is 832. The van der Waals surface area contributed by atoms with Gasteiger partial charge in [-0.1, -0.05) is 0 Å². The first-order chi connectivity index (χ1) is 13.9. The molecule has 0 aliphatic carbocycles. The molecular weight excluding hydrogens is 376 g/mol. The Morgan fingerprint density at radius 3 is 2.52 bits per heavy atom. The van der Waals surface area contributed by atoms with E-state index in [1.165, 1.54) is 0 Å². The molecular formula is C20H24N4O5. The SMILES string of the molecule is Cc1cc(N2CCN(CC=O)CC2)ccc1C(=O)N(C=O)C1CCC(=O)NC1=O. The van der Waals surface area contributed by atoms with E-state index in [1.54, 1.807) is 13.0 Å². The van der Waals surface area contributed by atoms with Crippen LogP contribution in [-0.4, -0.2) is 79.0 Å². The van der Waals surface area contributed by atoms with Crippen LogP contribution in [0.1, 0.15) is 28.8 Å². The highest BCUT2D eigenvalue weighted by molar-refractivity contribution is 6.07. The zero-order valence-electron chi connectivity index (χ0n) is 16.3. The molecule has 1 aromatic rings. The monoisotopic (exact) mass is 400 g/mol. The number of nitrogens with one attached hydrogen (secondary N) is 1. The second-order valence-corrected chi connectivity index (χ2v) is 7.24. The van der Waals surface area contributed by atoms with Crippen LogP contribution in [0.15, 0.2) is 18.2 Å². The zero-order valence-corrected chi connectivity index (χ0v) is 16.3. The summed E-state index contributed by atoms with van der Waals surface area (Å²) in [6, 6.07) is 4.38. The number of hydrogen-bond donors (Lipinski definition) is 1. The van der Waals surface area contributed by atoms with Crippen LogP contribution in [0.25, 0.3) is 0 Å². The number of anilines is 1. The molecule has 9 nitrogen and oxygen atoms in total. The van der Waals surface area contributed by atoms with Crippen LogP contribution >= 0.6 is 0 Å². The number of aldehydes is 1. The number of piperidine rings is 1. The van der Waals surface area contributed by atoms with Gasteiger partial charge < -0.3 is 9.69 Å². The lowest BCUT2D eigenvalue weighted by Gasteiger charge is -2.35. The second-order valence-electron chi connectivity index (χ2n) is 7.24. The molecule has 29 heavy (non-hydrogen) atoms. The number of aryl methyl sites for hydroxylation is 1. The summed E-state index contributed by atoms with van der Waals surface area (Å²) in [5, 5.41) is 2.17. The van der Waals surface area contributed by atoms with Crippen molar-refractivity contribution in [2.75, 3.05) is 37.6 Å². The van der Waals surface area contributed by atoms with E-state index >= 15 is 0 Å². The van der Waals surface area contributed by atoms with E-state index in [-0.39, 0.29) is 12.8 Å². The fourth-order valence-electron chi connectivity index (χ4n) is 3.73. The van der Waals surface area contributed by atoms with Crippen molar-refractivity contribution in [3.05, 3.63) is 29.3 Å². The van der Waals surface area contributed by atoms with Crippen molar-refractivity contribution in [2.24, 2.45) is 0 Å². The summed E-state index contributed by atoms with van der Waals surface area (Å²) in [7, 11) is 0. The summed E-state index contributed by atoms with van der Waals surface area (Å²) >= 11 is 0. The van der Waals surface area contributed by atoms with Gasteiger partial charge in [-0.2, -0.15) is 0 Å². The molecule has 0 saturated carbocycles. The summed E-state index contributed by atoms with van der Waals surface area (Å²) < 4.78 is 0. The van der Waals surface area contributed by atoms with E-state index in [9.17, 15) is 24.0 Å². The first kappa shape index (κ1) is 20.7. The lowest BCUT2D eigenvalue weighted by molar-refractivity contribution is -0.139. The topological polar surface area (TPSA) is 107 Å². The third-order valence-corrected chi connectivity index (χ3v) is 5.40. The highest BCUT2D eigenvalue weighted by Gasteiger charge is 2.35. The van der Waals surface area contributed by atoms with Gasteiger partial charge in [0, 0.05) is 43.9 Å². The first-order valence-corrected chi connectivity index (χ1v) is 9.58. The van der Waals surface area contributed by atoms with E-state index in [1.807, 2.05) is 12.1 Å². The van der Waals surface area contributed by atoms with Gasteiger partial charge in [0.1, 0.15) is 12.3 Å². The van der Waals surface area contributed by atoms with E-state index in [2.05, 4.69) is 15.1 Å². The van der Waals surface area contributed by atoms with E-state index in [0.717, 1.165) is 43.1 Å². The molecule has 1 atom stereocenters. The fourth-order valence-corrected chi connectivity index (χ4v) is 3.73. The number of nitrogens with zero attached hydrogens (tertiary/aromatic N) is 3. The van der Waals surface area contributed by atoms with Crippen molar-refractivity contribution < 1.29 is 24.0 Å². The maximum atomic E-state index is 12.9. The Morgan fingerprint density at radius 1 is 1.21 bits per heavy atom. The Balaban J connectivity index is 1.73. The number of imide groups is 2. The van der Waals surface area contributed by atoms with Crippen LogP contribution in [0.5, 0.6) is 0 Å². The van der Waals surface area contributed by atoms with Crippen molar-refractivity contribution in [2.45, 2.75) is 25.8 Å². The largest absolute Gasteiger partial charge is 0.369 e. The van der Waals surface area contributed by atoms with Crippen molar-refractivity contribution in [3.8, 4) is 0 Å². The summed E-state index contributed by atoms with van der Waals surface area (Å²) in [5.41, 5.74) is 2.00. The van der Waals surface area contributed by atoms with Gasteiger partial charge in [-0.25, -0.2) is 0 Å². The predicted molar refractivity (Wildman–Crippen MR) is 104 cm³/mol. The normalized spacial score (nSPS) is 20.2. The summed E-state index contributed by atoms with van der Waals surface area (Å²) in [6.45, 7) is 5.34. The molecule has 2 aliphatic rings. The van der Waals surface area contributed by atoms with Crippen molar-refractivity contribution in [1.29, 1.82) is 0 Å². The molecule has 9 heteroatoms. The van der Waals surface area contributed by atoms with Crippen LogP contribution in [0.3, 0.4) is 0 Å². The van der Waals surface area contributed by atoms with Crippen LogP contribution in [0.2, 0.25) is 0 Å². The minimum absolute atomic E-state index is 0.0853. The molecule has 4 amide bonds. The van der Waals surface area contributed by atoms with E-state index < -0.39 is 23.8 Å². The van der Waals surface area contributed by atoms with Gasteiger partial charge in [0.25, 0.3) is 5.91 Å². The summed E-state index contributed by atoms with van der Waals surface area (Å²) in [4.78, 5) is 63.6. The maximum Gasteiger partial charge on any atom is 0.261 e. The molecule has 1 unspecified atom stereocenters. The van der Waals surface area contributed by atoms with Crippen molar-refractivity contribution in [3.63, 3.8) is 0 Å². The molecule has 1 aromatic carbocycles. The van der Waals surface area contributed by atoms with Gasteiger partial charge in [-0.05, 0) is 37.1 Å². The van der Waals surface area contributed by atoms with Crippen LogP contribution in [-0.2, 0) is 19.2 Å². The smallest absolute Gasteiger partial charge is 0.261 e. The average Bonchev–Trinajstić information content (AvgIpc) is 2.70. The number of hydrogen-bond acceptors (Lipinski definition) is 7. The number of rotatable bonds is 6. The standard InChI is InChI=1S/C20H24N4O5/c1-14-12-15(23-8-6-22(7-9-23)10-11-25)2-3-16(14)20(29)24(13-26)17-4-5-18(27)21-19(17)28/h2-3,11-13,17H,4-10H2,1H3,(H,21,27,28). The van der Waals surface area contributed by atoms with Gasteiger partial charge in [0.2, 0.25) is 18.2 Å². The van der Waals surface area contributed by atoms with E-state index in [0.29, 0.717) is 24.1 Å². The Labute approximate surface area is 168 Å². The molecule has 2 saturated heterocycles. The average molecular weight is 400 g/mol. The molecule has 0 radical (unpaired) electrons. The first-order valence-electron chi connectivity index (χ1n) is 9.58. The lowest BCUT2D eigenvalue weighted by Crippen LogP contribution is -2.53. The molecule has 3 rings (SSSR count). The van der Waals surface area contributed by atoms with Crippen molar-refractivity contribution in [1.82, 2.24) is 15.1 Å². The van der Waals surface area contributed by atoms with E-state index in [4.69, 9.17) is 0 Å². The van der Waals surface area contributed by atoms with Gasteiger partial charge in [0.05, 0.1) is 6.54 Å². The Kier molecular flexibility index (Phi) is 6.38. The Morgan fingerprint density at radius 2 is 1.93 bits per heavy atom. The minimum Gasteiger partial charge on any atom is -0.369 e. The molecule has 0 bridgehead atoms. The number of carbonyl (C=O) groups is 5. The summed E-state index contributed by atoms with van der Waals surface area (Å²) in [6.07, 6.45) is 1.46. The predicted octanol–water partition coefficient (Wildman–Crippen LogP) is -0.280. The number of benzene rings is 1. The molecule has 154 valence electrons. The highest BCUT2D eigenvalue weighted by atomic mass is 16.2. The quantitative estimate of drug-likeness (QED) is 0.517. The van der Waals surface area contributed by atoms with Gasteiger partial charge >= 0.3 is 0 Å². The van der Waals surface area contributed by atoms with Crippen LogP contribution in [0.4, 0.5) is 5.69 Å². The van der Waals surface area contributed by atoms with Gasteiger partial charge in [-0.3, -0.25) is 34.3 Å². The van der Waals surface area contributed by atoms with Gasteiger partial charge in [-0.15, -0.1) is 0 Å². The molecule has 1 N–H and O–H groups in total. The van der Waals surface area contributed by atoms with Crippen LogP contribution in [0, 0.1) is 6.92 Å². The molecule has 0 spiro atoms. The third-order valence-electron chi connectivity index (χ3n) is 5.40. The number of piperazine rings is 1. The minimum atomic E-state index is -0.984. The third kappa shape index (κ3) is 4.51. The summed E-state index contributed by atoms with van der Waals surface area (Å²) in [5.74, 6) is -1.60. The second kappa shape index (κ2) is 8.95. The zero-order chi connectivity index (χ0) is 21.0. The molecule has 2 heterocycles. The number of carbonyl (C=O) groups excluding carboxylic acids is 5. The van der Waals surface area contributed by atoms with Crippen molar-refractivity contribution >= 4 is 36.1 Å². The molecule has 2 fully saturated rings. The van der Waals surface area contributed by atoms with Gasteiger partial charge in [0.15, 0.2) is 0 Å². The fraction of sp³-hybridized carbons (Fsp3) is 0.450. The molecule has 0 aromatic heterocycles. The number of amides is 4. The Hall–Kier alpha value is -3.07. The molecule has 2 aliphatic heterocycles. The highest BCUT2D eigenvalue weighted by Crippen LogP contribution is 2.23. The lowest BCUT2D eigenvalue weighted by atomic mass is 10.0. The maximum absolute atomic E-state index is 12.9.